The molecule has 0 aliphatic carbocycles. The van der Waals surface area contributed by atoms with Gasteiger partial charge in [-0.1, -0.05) is 30.1 Å². The third-order valence-electron chi connectivity index (χ3n) is 3.45. The number of anilines is 1. The number of urea groups is 1. The number of hydrogen-bond acceptors (Lipinski definition) is 2. The zero-order chi connectivity index (χ0) is 15.7. The summed E-state index contributed by atoms with van der Waals surface area (Å²) in [6, 6.07) is 2.02. The second-order valence-corrected chi connectivity index (χ2v) is 5.83. The highest BCUT2D eigenvalue weighted by Gasteiger charge is 2.37. The van der Waals surface area contributed by atoms with Crippen LogP contribution in [0.25, 0.3) is 0 Å². The molecule has 5 nitrogen and oxygen atoms in total. The maximum absolute atomic E-state index is 13.3. The lowest BCUT2D eigenvalue weighted by Crippen LogP contribution is -2.33. The van der Waals surface area contributed by atoms with Crippen molar-refractivity contribution >= 4 is 40.9 Å². The van der Waals surface area contributed by atoms with Gasteiger partial charge >= 0.3 is 12.0 Å². The number of likely N-dealkylation sites (tertiary alicyclic amines) is 1. The van der Waals surface area contributed by atoms with Crippen molar-refractivity contribution in [1.29, 1.82) is 0 Å². The summed E-state index contributed by atoms with van der Waals surface area (Å²) in [6.45, 7) is 2.24. The summed E-state index contributed by atoms with van der Waals surface area (Å²) in [5, 5.41) is 11.2. The van der Waals surface area contributed by atoms with Gasteiger partial charge in [-0.25, -0.2) is 9.18 Å². The van der Waals surface area contributed by atoms with Crippen LogP contribution in [0.5, 0.6) is 0 Å². The summed E-state index contributed by atoms with van der Waals surface area (Å²) in [4.78, 5) is 24.5. The summed E-state index contributed by atoms with van der Waals surface area (Å²) < 4.78 is 13.3. The van der Waals surface area contributed by atoms with Crippen molar-refractivity contribution < 1.29 is 19.1 Å². The van der Waals surface area contributed by atoms with E-state index in [-0.39, 0.29) is 28.2 Å². The highest BCUT2D eigenvalue weighted by Crippen LogP contribution is 2.28. The highest BCUT2D eigenvalue weighted by molar-refractivity contribution is 6.35. The van der Waals surface area contributed by atoms with Crippen molar-refractivity contribution in [2.75, 3.05) is 18.4 Å². The number of nitrogens with zero attached hydrogens (tertiary/aromatic N) is 1. The Balaban J connectivity index is 2.08. The first-order valence-corrected chi connectivity index (χ1v) is 6.98. The molecule has 114 valence electrons. The average Bonchev–Trinajstić information content (AvgIpc) is 2.78. The summed E-state index contributed by atoms with van der Waals surface area (Å²) in [5.41, 5.74) is 0.253. The van der Waals surface area contributed by atoms with Crippen LogP contribution in [0.4, 0.5) is 14.9 Å². The van der Waals surface area contributed by atoms with Gasteiger partial charge in [-0.2, -0.15) is 0 Å². The predicted octanol–water partition coefficient (Wildman–Crippen LogP) is 3.32. The molecule has 1 heterocycles. The minimum atomic E-state index is -0.925. The summed E-state index contributed by atoms with van der Waals surface area (Å²) in [6.07, 6.45) is 0. The summed E-state index contributed by atoms with van der Waals surface area (Å²) in [7, 11) is 0. The standard InChI is InChI=1S/C13H13Cl2FN2O3/c1-6-4-18(5-8(6)12(19)20)13(21)17-7-2-9(14)11(16)10(15)3-7/h2-3,6,8H,4-5H2,1H3,(H,17,21)(H,19,20). The predicted molar refractivity (Wildman–Crippen MR) is 77.3 cm³/mol. The quantitative estimate of drug-likeness (QED) is 0.815. The number of carbonyl (C=O) groups is 2. The largest absolute Gasteiger partial charge is 0.481 e. The molecule has 0 bridgehead atoms. The van der Waals surface area contributed by atoms with Crippen LogP contribution in [0.3, 0.4) is 0 Å². The van der Waals surface area contributed by atoms with Gasteiger partial charge in [-0.15, -0.1) is 0 Å². The number of benzene rings is 1. The van der Waals surface area contributed by atoms with Gasteiger partial charge in [0.15, 0.2) is 5.82 Å². The smallest absolute Gasteiger partial charge is 0.321 e. The lowest BCUT2D eigenvalue weighted by molar-refractivity contribution is -0.142. The fourth-order valence-electron chi connectivity index (χ4n) is 2.28. The fourth-order valence-corrected chi connectivity index (χ4v) is 2.77. The van der Waals surface area contributed by atoms with Gasteiger partial charge in [-0.3, -0.25) is 4.79 Å². The number of carboxylic acids is 1. The number of amides is 2. The number of carbonyl (C=O) groups excluding carboxylic acids is 1. The number of halogens is 3. The first-order valence-electron chi connectivity index (χ1n) is 6.23. The molecule has 2 N–H and O–H groups in total. The second kappa shape index (κ2) is 6.07. The van der Waals surface area contributed by atoms with E-state index in [1.54, 1.807) is 6.92 Å². The van der Waals surface area contributed by atoms with Gasteiger partial charge in [0, 0.05) is 18.8 Å². The molecule has 8 heteroatoms. The molecular formula is C13H13Cl2FN2O3. The Morgan fingerprint density at radius 1 is 1.33 bits per heavy atom. The van der Waals surface area contributed by atoms with E-state index in [1.165, 1.54) is 17.0 Å². The molecule has 0 saturated carbocycles. The minimum absolute atomic E-state index is 0.130. The number of rotatable bonds is 2. The minimum Gasteiger partial charge on any atom is -0.481 e. The second-order valence-electron chi connectivity index (χ2n) is 5.01. The molecule has 2 rings (SSSR count). The highest BCUT2D eigenvalue weighted by atomic mass is 35.5. The Kier molecular flexibility index (Phi) is 4.58. The Morgan fingerprint density at radius 2 is 1.90 bits per heavy atom. The maximum atomic E-state index is 13.3. The van der Waals surface area contributed by atoms with E-state index in [4.69, 9.17) is 28.3 Å². The zero-order valence-corrected chi connectivity index (χ0v) is 12.6. The van der Waals surface area contributed by atoms with Gasteiger partial charge in [0.05, 0.1) is 16.0 Å². The van der Waals surface area contributed by atoms with E-state index < -0.39 is 23.7 Å². The van der Waals surface area contributed by atoms with Crippen LogP contribution in [0.1, 0.15) is 6.92 Å². The zero-order valence-electron chi connectivity index (χ0n) is 11.1. The Morgan fingerprint density at radius 3 is 2.38 bits per heavy atom. The number of aliphatic carboxylic acids is 1. The van der Waals surface area contributed by atoms with E-state index in [1.807, 2.05) is 0 Å². The van der Waals surface area contributed by atoms with Gasteiger partial charge in [0.25, 0.3) is 0 Å². The normalized spacial score (nSPS) is 21.4. The molecule has 0 radical (unpaired) electrons. The first kappa shape index (κ1) is 15.9. The van der Waals surface area contributed by atoms with Gasteiger partial charge < -0.3 is 15.3 Å². The van der Waals surface area contributed by atoms with Crippen molar-refractivity contribution in [3.63, 3.8) is 0 Å². The molecule has 2 amide bonds. The summed E-state index contributed by atoms with van der Waals surface area (Å²) >= 11 is 11.3. The van der Waals surface area contributed by atoms with Crippen molar-refractivity contribution in [3.05, 3.63) is 28.0 Å². The molecule has 1 aliphatic heterocycles. The van der Waals surface area contributed by atoms with Crippen LogP contribution in [-0.2, 0) is 4.79 Å². The van der Waals surface area contributed by atoms with Gasteiger partial charge in [-0.05, 0) is 18.1 Å². The van der Waals surface area contributed by atoms with Crippen molar-refractivity contribution in [3.8, 4) is 0 Å². The first-order chi connectivity index (χ1) is 9.79. The third-order valence-corrected chi connectivity index (χ3v) is 4.00. The van der Waals surface area contributed by atoms with Crippen LogP contribution >= 0.6 is 23.2 Å². The van der Waals surface area contributed by atoms with Crippen LogP contribution in [-0.4, -0.2) is 35.1 Å². The molecule has 1 saturated heterocycles. The molecular weight excluding hydrogens is 322 g/mol. The molecule has 21 heavy (non-hydrogen) atoms. The monoisotopic (exact) mass is 334 g/mol. The SMILES string of the molecule is CC1CN(C(=O)Nc2cc(Cl)c(F)c(Cl)c2)CC1C(=O)O. The molecule has 1 aliphatic rings. The van der Waals surface area contributed by atoms with E-state index in [0.717, 1.165) is 0 Å². The molecule has 0 spiro atoms. The van der Waals surface area contributed by atoms with Crippen molar-refractivity contribution in [2.24, 2.45) is 11.8 Å². The number of hydrogen-bond donors (Lipinski definition) is 2. The van der Waals surface area contributed by atoms with E-state index >= 15 is 0 Å². The number of nitrogens with one attached hydrogen (secondary N) is 1. The molecule has 2 atom stereocenters. The molecule has 1 aromatic carbocycles. The van der Waals surface area contributed by atoms with Crippen LogP contribution < -0.4 is 5.32 Å². The Labute approximate surface area is 130 Å². The number of carboxylic acid groups (broad SMARTS) is 1. The van der Waals surface area contributed by atoms with Gasteiger partial charge in [0.1, 0.15) is 0 Å². The van der Waals surface area contributed by atoms with Crippen LogP contribution in [0.15, 0.2) is 12.1 Å². The fraction of sp³-hybridized carbons (Fsp3) is 0.385. The van der Waals surface area contributed by atoms with Crippen molar-refractivity contribution in [2.45, 2.75) is 6.92 Å². The lowest BCUT2D eigenvalue weighted by atomic mass is 9.99. The lowest BCUT2D eigenvalue weighted by Gasteiger charge is -2.17. The third kappa shape index (κ3) is 3.39. The van der Waals surface area contributed by atoms with E-state index in [2.05, 4.69) is 5.32 Å². The van der Waals surface area contributed by atoms with Crippen molar-refractivity contribution in [1.82, 2.24) is 4.90 Å². The van der Waals surface area contributed by atoms with Crippen LogP contribution in [0, 0.1) is 17.7 Å². The van der Waals surface area contributed by atoms with E-state index in [9.17, 15) is 14.0 Å². The van der Waals surface area contributed by atoms with Crippen LogP contribution in [0.2, 0.25) is 10.0 Å². The molecule has 2 unspecified atom stereocenters. The Hall–Kier alpha value is -1.53. The topological polar surface area (TPSA) is 69.6 Å². The Bertz CT molecular complexity index is 574. The molecule has 1 aromatic rings. The van der Waals surface area contributed by atoms with Gasteiger partial charge in [0.2, 0.25) is 0 Å². The maximum Gasteiger partial charge on any atom is 0.321 e. The summed E-state index contributed by atoms with van der Waals surface area (Å²) in [5.74, 6) is -2.40. The molecule has 0 aromatic heterocycles. The molecule has 1 fully saturated rings. The average molecular weight is 335 g/mol. The van der Waals surface area contributed by atoms with E-state index in [0.29, 0.717) is 6.54 Å².